The van der Waals surface area contributed by atoms with E-state index >= 15 is 0 Å². The van der Waals surface area contributed by atoms with Crippen LogP contribution >= 0.6 is 0 Å². The molecule has 36 heavy (non-hydrogen) atoms. The molecule has 1 unspecified atom stereocenters. The minimum atomic E-state index is -0.984. The molecule has 0 radical (unpaired) electrons. The normalized spacial score (nSPS) is 15.4. The van der Waals surface area contributed by atoms with Crippen LogP contribution in [0.4, 0.5) is 5.69 Å². The van der Waals surface area contributed by atoms with Gasteiger partial charge in [0.15, 0.2) is 0 Å². The van der Waals surface area contributed by atoms with E-state index in [2.05, 4.69) is 21.6 Å². The molecule has 2 N–H and O–H groups in total. The van der Waals surface area contributed by atoms with E-state index in [0.29, 0.717) is 11.3 Å². The average molecular weight is 487 g/mol. The van der Waals surface area contributed by atoms with Crippen LogP contribution in [0.25, 0.3) is 5.69 Å². The predicted octanol–water partition coefficient (Wildman–Crippen LogP) is 1.57. The largest absolute Gasteiger partial charge is 0.495 e. The van der Waals surface area contributed by atoms with Crippen molar-refractivity contribution in [3.05, 3.63) is 83.1 Å². The van der Waals surface area contributed by atoms with E-state index < -0.39 is 17.9 Å². The molecule has 4 rings (SSSR count). The topological polar surface area (TPSA) is 158 Å². The second-order valence-electron chi connectivity index (χ2n) is 7.45. The lowest BCUT2D eigenvalue weighted by Crippen LogP contribution is -2.41. The van der Waals surface area contributed by atoms with Crippen LogP contribution < -0.4 is 15.4 Å². The highest BCUT2D eigenvalue weighted by Crippen LogP contribution is 2.45. The minimum absolute atomic E-state index is 0.0316. The fourth-order valence-electron chi connectivity index (χ4n) is 4.04. The van der Waals surface area contributed by atoms with Gasteiger partial charge in [0.25, 0.3) is 0 Å². The molecule has 2 heterocycles. The number of anilines is 1. The van der Waals surface area contributed by atoms with Crippen LogP contribution in [0.15, 0.2) is 77.5 Å². The van der Waals surface area contributed by atoms with Crippen LogP contribution in [0.5, 0.6) is 5.75 Å². The fourth-order valence-corrected chi connectivity index (χ4v) is 4.04. The Kier molecular flexibility index (Phi) is 6.64. The van der Waals surface area contributed by atoms with Gasteiger partial charge in [-0.25, -0.2) is 14.3 Å². The van der Waals surface area contributed by atoms with Gasteiger partial charge < -0.3 is 19.9 Å². The van der Waals surface area contributed by atoms with Crippen molar-refractivity contribution in [3.63, 3.8) is 0 Å². The summed E-state index contributed by atoms with van der Waals surface area (Å²) in [5.41, 5.74) is 7.55. The van der Waals surface area contributed by atoms with Gasteiger partial charge >= 0.3 is 11.9 Å². The van der Waals surface area contributed by atoms with Gasteiger partial charge in [0.2, 0.25) is 0 Å². The minimum Gasteiger partial charge on any atom is -0.495 e. The monoisotopic (exact) mass is 487 g/mol. The highest BCUT2D eigenvalue weighted by molar-refractivity contribution is 6.06. The molecule has 0 spiro atoms. The lowest BCUT2D eigenvalue weighted by Gasteiger charge is -2.36. The van der Waals surface area contributed by atoms with Gasteiger partial charge in [-0.05, 0) is 34.2 Å². The molecule has 12 heteroatoms. The second kappa shape index (κ2) is 9.98. The Labute approximate surface area is 205 Å². The Hall–Kier alpha value is -5.18. The average Bonchev–Trinajstić information content (AvgIpc) is 3.46. The van der Waals surface area contributed by atoms with Gasteiger partial charge in [0.1, 0.15) is 23.6 Å². The first-order valence-electron chi connectivity index (χ1n) is 10.5. The van der Waals surface area contributed by atoms with E-state index in [0.717, 1.165) is 0 Å². The highest BCUT2D eigenvalue weighted by atomic mass is 16.5. The summed E-state index contributed by atoms with van der Waals surface area (Å²) < 4.78 is 17.0. The zero-order valence-corrected chi connectivity index (χ0v) is 19.6. The van der Waals surface area contributed by atoms with Crippen LogP contribution in [0.1, 0.15) is 11.5 Å². The van der Waals surface area contributed by atoms with E-state index in [1.807, 2.05) is 0 Å². The summed E-state index contributed by atoms with van der Waals surface area (Å²) in [5, 5.41) is 21.3. The molecule has 2 aromatic carbocycles. The first-order valence-corrected chi connectivity index (χ1v) is 10.5. The first-order chi connectivity index (χ1) is 17.5. The third-order valence-corrected chi connectivity index (χ3v) is 5.63. The molecular weight excluding hydrogens is 466 g/mol. The van der Waals surface area contributed by atoms with Crippen molar-refractivity contribution in [3.8, 4) is 17.5 Å². The third kappa shape index (κ3) is 3.98. The van der Waals surface area contributed by atoms with E-state index in [4.69, 9.17) is 19.9 Å². The van der Waals surface area contributed by atoms with Crippen molar-refractivity contribution in [1.82, 2.24) is 20.2 Å². The number of nitriles is 1. The molecule has 1 aliphatic rings. The van der Waals surface area contributed by atoms with Gasteiger partial charge in [0, 0.05) is 0 Å². The standard InChI is InChI=1S/C24H21N7O5/c1-34-18-10-9-15(30-13-27-28-29-30)11-17(18)31-21(24(33)36-3)20(23(32)35-2)19(16(12-25)22(31)26)14-7-5-4-6-8-14/h4-11,13,19H,26H2,1-3H3. The first kappa shape index (κ1) is 24.0. The molecule has 0 aliphatic carbocycles. The maximum Gasteiger partial charge on any atom is 0.355 e. The van der Waals surface area contributed by atoms with Gasteiger partial charge in [-0.1, -0.05) is 30.3 Å². The van der Waals surface area contributed by atoms with Crippen LogP contribution in [-0.4, -0.2) is 53.5 Å². The summed E-state index contributed by atoms with van der Waals surface area (Å²) >= 11 is 0. The molecule has 12 nitrogen and oxygen atoms in total. The van der Waals surface area contributed by atoms with Crippen LogP contribution in [0.2, 0.25) is 0 Å². The zero-order valence-electron chi connectivity index (χ0n) is 19.6. The number of tetrazole rings is 1. The molecule has 0 bridgehead atoms. The fraction of sp³-hybridized carbons (Fsp3) is 0.167. The Morgan fingerprint density at radius 1 is 1.06 bits per heavy atom. The zero-order chi connectivity index (χ0) is 25.8. The van der Waals surface area contributed by atoms with E-state index in [1.165, 1.54) is 37.2 Å². The lowest BCUT2D eigenvalue weighted by molar-refractivity contribution is -0.139. The summed E-state index contributed by atoms with van der Waals surface area (Å²) in [6, 6.07) is 15.7. The quantitative estimate of drug-likeness (QED) is 0.503. The summed E-state index contributed by atoms with van der Waals surface area (Å²) in [4.78, 5) is 27.7. The number of ether oxygens (including phenoxy) is 3. The highest BCUT2D eigenvalue weighted by Gasteiger charge is 2.43. The summed E-state index contributed by atoms with van der Waals surface area (Å²) in [6.45, 7) is 0. The summed E-state index contributed by atoms with van der Waals surface area (Å²) in [7, 11) is 3.79. The molecule has 1 atom stereocenters. The SMILES string of the molecule is COC(=O)C1=C(C(=O)OC)N(c2cc(-n3cnnn3)ccc2OC)C(N)=C(C#N)C1c1ccccc1. The van der Waals surface area contributed by atoms with E-state index in [9.17, 15) is 14.9 Å². The molecular formula is C24H21N7O5. The van der Waals surface area contributed by atoms with Crippen LogP contribution in [0, 0.1) is 11.3 Å². The molecule has 0 amide bonds. The second-order valence-corrected chi connectivity index (χ2v) is 7.45. The maximum atomic E-state index is 13.2. The summed E-state index contributed by atoms with van der Waals surface area (Å²) in [5.74, 6) is -2.48. The van der Waals surface area contributed by atoms with Crippen molar-refractivity contribution >= 4 is 17.6 Å². The number of nitrogens with two attached hydrogens (primary N) is 1. The molecule has 0 saturated carbocycles. The number of allylic oxidation sites excluding steroid dienone is 1. The Balaban J connectivity index is 2.08. The Bertz CT molecular complexity index is 1410. The molecule has 0 saturated heterocycles. The number of aromatic nitrogens is 4. The third-order valence-electron chi connectivity index (χ3n) is 5.63. The van der Waals surface area contributed by atoms with Crippen molar-refractivity contribution < 1.29 is 23.8 Å². The number of nitrogens with zero attached hydrogens (tertiary/aromatic N) is 6. The molecule has 0 fully saturated rings. The van der Waals surface area contributed by atoms with Gasteiger partial charge in [0.05, 0.1) is 55.8 Å². The Morgan fingerprint density at radius 3 is 2.36 bits per heavy atom. The maximum absolute atomic E-state index is 13.2. The number of hydrogen-bond acceptors (Lipinski definition) is 11. The number of hydrogen-bond donors (Lipinski definition) is 1. The van der Waals surface area contributed by atoms with Crippen molar-refractivity contribution in [1.29, 1.82) is 5.26 Å². The molecule has 1 aliphatic heterocycles. The summed E-state index contributed by atoms with van der Waals surface area (Å²) in [6.07, 6.45) is 1.38. The van der Waals surface area contributed by atoms with Crippen LogP contribution in [0.3, 0.4) is 0 Å². The number of carbonyl (C=O) groups is 2. The van der Waals surface area contributed by atoms with E-state index in [-0.39, 0.29) is 34.1 Å². The smallest absolute Gasteiger partial charge is 0.355 e. The predicted molar refractivity (Wildman–Crippen MR) is 125 cm³/mol. The molecule has 1 aromatic heterocycles. The van der Waals surface area contributed by atoms with E-state index in [1.54, 1.807) is 48.5 Å². The van der Waals surface area contributed by atoms with Crippen molar-refractivity contribution in [2.24, 2.45) is 5.73 Å². The Morgan fingerprint density at radius 2 is 1.78 bits per heavy atom. The van der Waals surface area contributed by atoms with Crippen molar-refractivity contribution in [2.75, 3.05) is 26.2 Å². The van der Waals surface area contributed by atoms with Crippen molar-refractivity contribution in [2.45, 2.75) is 5.92 Å². The number of methoxy groups -OCH3 is 3. The van der Waals surface area contributed by atoms with Crippen LogP contribution in [-0.2, 0) is 19.1 Å². The number of benzene rings is 2. The van der Waals surface area contributed by atoms with Gasteiger partial charge in [-0.2, -0.15) is 5.26 Å². The number of rotatable bonds is 6. The molecule has 3 aromatic rings. The lowest BCUT2D eigenvalue weighted by atomic mass is 9.81. The van der Waals surface area contributed by atoms with Gasteiger partial charge in [-0.15, -0.1) is 5.10 Å². The number of carbonyl (C=O) groups excluding carboxylic acids is 2. The number of esters is 2. The van der Waals surface area contributed by atoms with Gasteiger partial charge in [-0.3, -0.25) is 4.90 Å². The molecule has 182 valence electrons.